The van der Waals surface area contributed by atoms with Crippen molar-refractivity contribution in [2.75, 3.05) is 26.0 Å². The van der Waals surface area contributed by atoms with E-state index in [0.717, 1.165) is 38.2 Å². The average Bonchev–Trinajstić information content (AvgIpc) is 2.67. The van der Waals surface area contributed by atoms with Gasteiger partial charge in [0.2, 0.25) is 0 Å². The zero-order valence-electron chi connectivity index (χ0n) is 9.83. The summed E-state index contributed by atoms with van der Waals surface area (Å²) >= 11 is 0. The molecule has 0 aromatic carbocycles. The minimum atomic E-state index is -0.641. The summed E-state index contributed by atoms with van der Waals surface area (Å²) in [6.07, 6.45) is 4.32. The standard InChI is InChI=1S/C11H23NO2S/c1-3-12-10-5-6-11(9-10)15(13)8-4-7-14-2/h10-12H,3-9H2,1-2H3. The highest BCUT2D eigenvalue weighted by Crippen LogP contribution is 2.24. The van der Waals surface area contributed by atoms with E-state index in [1.54, 1.807) is 7.11 Å². The van der Waals surface area contributed by atoms with Crippen molar-refractivity contribution in [2.24, 2.45) is 0 Å². The molecule has 1 rings (SSSR count). The Morgan fingerprint density at radius 3 is 2.93 bits per heavy atom. The van der Waals surface area contributed by atoms with Crippen LogP contribution in [0.15, 0.2) is 0 Å². The van der Waals surface area contributed by atoms with E-state index in [4.69, 9.17) is 4.74 Å². The van der Waals surface area contributed by atoms with Gasteiger partial charge in [-0.3, -0.25) is 4.21 Å². The molecule has 0 aromatic heterocycles. The molecule has 0 aliphatic heterocycles. The minimum Gasteiger partial charge on any atom is -0.385 e. The van der Waals surface area contributed by atoms with E-state index in [1.165, 1.54) is 6.42 Å². The highest BCUT2D eigenvalue weighted by atomic mass is 32.2. The van der Waals surface area contributed by atoms with Gasteiger partial charge in [-0.15, -0.1) is 0 Å². The largest absolute Gasteiger partial charge is 0.385 e. The van der Waals surface area contributed by atoms with Gasteiger partial charge in [0.05, 0.1) is 0 Å². The second kappa shape index (κ2) is 7.36. The molecule has 90 valence electrons. The fourth-order valence-electron chi connectivity index (χ4n) is 2.17. The lowest BCUT2D eigenvalue weighted by Crippen LogP contribution is -2.27. The first kappa shape index (κ1) is 13.1. The Hall–Kier alpha value is 0.0700. The van der Waals surface area contributed by atoms with Gasteiger partial charge < -0.3 is 10.1 Å². The fraction of sp³-hybridized carbons (Fsp3) is 1.00. The molecule has 0 saturated heterocycles. The number of hydrogen-bond acceptors (Lipinski definition) is 3. The van der Waals surface area contributed by atoms with E-state index in [1.807, 2.05) is 0 Å². The van der Waals surface area contributed by atoms with Crippen molar-refractivity contribution in [1.82, 2.24) is 5.32 Å². The van der Waals surface area contributed by atoms with E-state index in [0.29, 0.717) is 11.3 Å². The molecular formula is C11H23NO2S. The number of nitrogens with one attached hydrogen (secondary N) is 1. The third kappa shape index (κ3) is 4.62. The van der Waals surface area contributed by atoms with E-state index in [-0.39, 0.29) is 0 Å². The van der Waals surface area contributed by atoms with Crippen molar-refractivity contribution in [3.05, 3.63) is 0 Å². The van der Waals surface area contributed by atoms with Crippen LogP contribution in [0.1, 0.15) is 32.6 Å². The third-order valence-electron chi connectivity index (χ3n) is 2.94. The van der Waals surface area contributed by atoms with Crippen LogP contribution in [0, 0.1) is 0 Å². The minimum absolute atomic E-state index is 0.422. The molecular weight excluding hydrogens is 210 g/mol. The van der Waals surface area contributed by atoms with E-state index < -0.39 is 10.8 Å². The summed E-state index contributed by atoms with van der Waals surface area (Å²) in [6.45, 7) is 3.88. The van der Waals surface area contributed by atoms with Crippen LogP contribution in [-0.2, 0) is 15.5 Å². The van der Waals surface area contributed by atoms with Crippen molar-refractivity contribution < 1.29 is 8.95 Å². The van der Waals surface area contributed by atoms with E-state index in [9.17, 15) is 4.21 Å². The second-order valence-electron chi connectivity index (χ2n) is 4.12. The summed E-state index contributed by atoms with van der Waals surface area (Å²) < 4.78 is 16.9. The molecule has 4 heteroatoms. The molecule has 0 radical (unpaired) electrons. The van der Waals surface area contributed by atoms with Crippen molar-refractivity contribution in [2.45, 2.75) is 43.9 Å². The first-order valence-electron chi connectivity index (χ1n) is 5.87. The molecule has 1 aliphatic rings. The maximum absolute atomic E-state index is 11.9. The van der Waals surface area contributed by atoms with Gasteiger partial charge in [0, 0.05) is 41.6 Å². The van der Waals surface area contributed by atoms with Crippen molar-refractivity contribution in [1.29, 1.82) is 0 Å². The molecule has 3 atom stereocenters. The molecule has 1 aliphatic carbocycles. The van der Waals surface area contributed by atoms with Gasteiger partial charge in [0.1, 0.15) is 0 Å². The van der Waals surface area contributed by atoms with Crippen LogP contribution in [0.5, 0.6) is 0 Å². The Bertz CT molecular complexity index is 199. The van der Waals surface area contributed by atoms with Gasteiger partial charge in [-0.2, -0.15) is 0 Å². The summed E-state index contributed by atoms with van der Waals surface area (Å²) in [5.74, 6) is 0.803. The van der Waals surface area contributed by atoms with Crippen LogP contribution in [0.2, 0.25) is 0 Å². The van der Waals surface area contributed by atoms with Crippen LogP contribution in [0.4, 0.5) is 0 Å². The lowest BCUT2D eigenvalue weighted by atomic mass is 10.2. The first-order chi connectivity index (χ1) is 7.27. The van der Waals surface area contributed by atoms with Crippen molar-refractivity contribution >= 4 is 10.8 Å². The second-order valence-corrected chi connectivity index (χ2v) is 5.96. The quantitative estimate of drug-likeness (QED) is 0.674. The number of rotatable bonds is 7. The smallest absolute Gasteiger partial charge is 0.0471 e. The van der Waals surface area contributed by atoms with E-state index >= 15 is 0 Å². The first-order valence-corrected chi connectivity index (χ1v) is 7.25. The third-order valence-corrected chi connectivity index (χ3v) is 4.81. The molecule has 0 spiro atoms. The maximum Gasteiger partial charge on any atom is 0.0471 e. The Morgan fingerprint density at radius 1 is 1.47 bits per heavy atom. The molecule has 15 heavy (non-hydrogen) atoms. The molecule has 1 fully saturated rings. The Balaban J connectivity index is 2.18. The summed E-state index contributed by atoms with van der Waals surface area (Å²) in [7, 11) is 1.05. The van der Waals surface area contributed by atoms with Gasteiger partial charge in [-0.1, -0.05) is 6.92 Å². The molecule has 0 aromatic rings. The highest BCUT2D eigenvalue weighted by Gasteiger charge is 2.27. The number of ether oxygens (including phenoxy) is 1. The maximum atomic E-state index is 11.9. The zero-order valence-corrected chi connectivity index (χ0v) is 10.6. The molecule has 0 amide bonds. The lowest BCUT2D eigenvalue weighted by molar-refractivity contribution is 0.200. The Labute approximate surface area is 95.4 Å². The van der Waals surface area contributed by atoms with Gasteiger partial charge in [0.25, 0.3) is 0 Å². The topological polar surface area (TPSA) is 38.3 Å². The predicted molar refractivity (Wildman–Crippen MR) is 64.6 cm³/mol. The average molecular weight is 233 g/mol. The van der Waals surface area contributed by atoms with Gasteiger partial charge in [0.15, 0.2) is 0 Å². The summed E-state index contributed by atoms with van der Waals surface area (Å²) in [6, 6.07) is 0.603. The van der Waals surface area contributed by atoms with Gasteiger partial charge in [-0.25, -0.2) is 0 Å². The van der Waals surface area contributed by atoms with Crippen LogP contribution < -0.4 is 5.32 Å². The molecule has 1 saturated carbocycles. The zero-order chi connectivity index (χ0) is 11.1. The molecule has 3 unspecified atom stereocenters. The van der Waals surface area contributed by atoms with Crippen LogP contribution in [0.25, 0.3) is 0 Å². The fourth-order valence-corrected chi connectivity index (χ4v) is 3.75. The van der Waals surface area contributed by atoms with Crippen LogP contribution >= 0.6 is 0 Å². The predicted octanol–water partition coefficient (Wildman–Crippen LogP) is 1.30. The molecule has 0 heterocycles. The summed E-state index contributed by atoms with van der Waals surface area (Å²) in [4.78, 5) is 0. The van der Waals surface area contributed by atoms with Crippen LogP contribution in [-0.4, -0.2) is 41.5 Å². The highest BCUT2D eigenvalue weighted by molar-refractivity contribution is 7.85. The summed E-state index contributed by atoms with van der Waals surface area (Å²) in [5.41, 5.74) is 0. The number of hydrogen-bond donors (Lipinski definition) is 1. The van der Waals surface area contributed by atoms with Crippen LogP contribution in [0.3, 0.4) is 0 Å². The Morgan fingerprint density at radius 2 is 2.27 bits per heavy atom. The summed E-state index contributed by atoms with van der Waals surface area (Å²) in [5, 5.41) is 3.86. The SMILES string of the molecule is CCNC1CCC(S(=O)CCCOC)C1. The Kier molecular flexibility index (Phi) is 6.45. The van der Waals surface area contributed by atoms with Crippen molar-refractivity contribution in [3.8, 4) is 0 Å². The monoisotopic (exact) mass is 233 g/mol. The number of methoxy groups -OCH3 is 1. The molecule has 0 bridgehead atoms. The molecule has 1 N–H and O–H groups in total. The van der Waals surface area contributed by atoms with Gasteiger partial charge in [-0.05, 0) is 32.2 Å². The molecule has 3 nitrogen and oxygen atoms in total. The lowest BCUT2D eigenvalue weighted by Gasteiger charge is -2.11. The van der Waals surface area contributed by atoms with E-state index in [2.05, 4.69) is 12.2 Å². The van der Waals surface area contributed by atoms with Crippen molar-refractivity contribution in [3.63, 3.8) is 0 Å². The normalized spacial score (nSPS) is 28.1. The van der Waals surface area contributed by atoms with Gasteiger partial charge >= 0.3 is 0 Å².